The SMILES string of the molecule is CC1(NSc2cc(N3CCOCC3)n3cnc(C(=O)N4CCOCC4)c3c2)CC1. The molecule has 3 aliphatic rings. The highest BCUT2D eigenvalue weighted by molar-refractivity contribution is 7.97. The zero-order valence-corrected chi connectivity index (χ0v) is 17.5. The summed E-state index contributed by atoms with van der Waals surface area (Å²) in [5.74, 6) is 1.04. The Labute approximate surface area is 174 Å². The van der Waals surface area contributed by atoms with Gasteiger partial charge in [-0.15, -0.1) is 0 Å². The fourth-order valence-corrected chi connectivity index (χ4v) is 4.60. The van der Waals surface area contributed by atoms with Crippen LogP contribution in [0.15, 0.2) is 23.4 Å². The van der Waals surface area contributed by atoms with E-state index >= 15 is 0 Å². The number of rotatable bonds is 5. The van der Waals surface area contributed by atoms with E-state index in [0.29, 0.717) is 45.2 Å². The molecule has 5 rings (SSSR count). The van der Waals surface area contributed by atoms with Gasteiger partial charge in [-0.3, -0.25) is 13.9 Å². The Balaban J connectivity index is 1.51. The van der Waals surface area contributed by atoms with E-state index in [9.17, 15) is 4.79 Å². The van der Waals surface area contributed by atoms with E-state index in [-0.39, 0.29) is 11.4 Å². The van der Waals surface area contributed by atoms with E-state index in [2.05, 4.69) is 33.7 Å². The number of hydrogen-bond donors (Lipinski definition) is 1. The smallest absolute Gasteiger partial charge is 0.274 e. The van der Waals surface area contributed by atoms with Crippen LogP contribution in [0.4, 0.5) is 5.82 Å². The Morgan fingerprint density at radius 2 is 1.79 bits per heavy atom. The van der Waals surface area contributed by atoms with E-state index < -0.39 is 0 Å². The Hall–Kier alpha value is -1.81. The van der Waals surface area contributed by atoms with Crippen LogP contribution in [-0.4, -0.2) is 78.3 Å². The van der Waals surface area contributed by atoms with Gasteiger partial charge in [-0.25, -0.2) is 4.98 Å². The fraction of sp³-hybridized carbons (Fsp3) is 0.600. The van der Waals surface area contributed by atoms with Gasteiger partial charge in [-0.1, -0.05) is 0 Å². The van der Waals surface area contributed by atoms with Crippen LogP contribution in [0.3, 0.4) is 0 Å². The Morgan fingerprint density at radius 1 is 1.10 bits per heavy atom. The fourth-order valence-electron chi connectivity index (χ4n) is 3.70. The topological polar surface area (TPSA) is 71.3 Å². The van der Waals surface area contributed by atoms with Crippen LogP contribution < -0.4 is 9.62 Å². The lowest BCUT2D eigenvalue weighted by Gasteiger charge is -2.30. The number of aromatic nitrogens is 2. The van der Waals surface area contributed by atoms with E-state index in [1.807, 2.05) is 9.30 Å². The number of ether oxygens (including phenoxy) is 2. The molecule has 4 heterocycles. The minimum Gasteiger partial charge on any atom is -0.378 e. The average Bonchev–Trinajstić information content (AvgIpc) is 3.36. The standard InChI is InChI=1S/C20H27N5O3S/c1-20(2-3-20)22-29-15-12-16-18(19(26)24-6-10-28-11-7-24)21-14-25(16)17(13-15)23-4-8-27-9-5-23/h12-14,22H,2-11H2,1H3. The second-order valence-corrected chi connectivity index (χ2v) is 9.05. The summed E-state index contributed by atoms with van der Waals surface area (Å²) in [7, 11) is 0. The van der Waals surface area contributed by atoms with Gasteiger partial charge in [0.1, 0.15) is 12.1 Å². The second-order valence-electron chi connectivity index (χ2n) is 8.17. The Morgan fingerprint density at radius 3 is 2.48 bits per heavy atom. The number of anilines is 1. The summed E-state index contributed by atoms with van der Waals surface area (Å²) in [6.07, 6.45) is 4.18. The molecule has 8 nitrogen and oxygen atoms in total. The van der Waals surface area contributed by atoms with Gasteiger partial charge in [0.25, 0.3) is 5.91 Å². The van der Waals surface area contributed by atoms with Crippen LogP contribution in [0.25, 0.3) is 5.52 Å². The van der Waals surface area contributed by atoms with Crippen LogP contribution >= 0.6 is 11.9 Å². The van der Waals surface area contributed by atoms with Gasteiger partial charge in [0.15, 0.2) is 5.69 Å². The lowest BCUT2D eigenvalue weighted by atomic mass is 10.2. The number of nitrogens with one attached hydrogen (secondary N) is 1. The number of imidazole rings is 1. The maximum atomic E-state index is 13.1. The van der Waals surface area contributed by atoms with Crippen LogP contribution in [0, 0.1) is 0 Å². The quantitative estimate of drug-likeness (QED) is 0.744. The molecule has 2 saturated heterocycles. The largest absolute Gasteiger partial charge is 0.378 e. The molecule has 1 amide bonds. The highest BCUT2D eigenvalue weighted by atomic mass is 32.2. The summed E-state index contributed by atoms with van der Waals surface area (Å²) in [5, 5.41) is 0. The zero-order chi connectivity index (χ0) is 19.8. The first-order chi connectivity index (χ1) is 14.1. The van der Waals surface area contributed by atoms with Gasteiger partial charge >= 0.3 is 0 Å². The molecule has 29 heavy (non-hydrogen) atoms. The van der Waals surface area contributed by atoms with Crippen molar-refractivity contribution in [1.82, 2.24) is 19.0 Å². The van der Waals surface area contributed by atoms with Gasteiger partial charge in [0, 0.05) is 36.6 Å². The molecular weight excluding hydrogens is 390 g/mol. The van der Waals surface area contributed by atoms with E-state index in [1.54, 1.807) is 18.3 Å². The maximum Gasteiger partial charge on any atom is 0.274 e. The molecule has 2 aliphatic heterocycles. The van der Waals surface area contributed by atoms with Gasteiger partial charge in [0.05, 0.1) is 31.9 Å². The van der Waals surface area contributed by atoms with Gasteiger partial charge in [-0.05, 0) is 43.8 Å². The van der Waals surface area contributed by atoms with E-state index in [0.717, 1.165) is 29.3 Å². The van der Waals surface area contributed by atoms with Crippen molar-refractivity contribution in [2.45, 2.75) is 30.2 Å². The molecule has 1 aliphatic carbocycles. The normalized spacial score (nSPS) is 21.6. The highest BCUT2D eigenvalue weighted by Gasteiger charge is 2.37. The molecular formula is C20H27N5O3S. The van der Waals surface area contributed by atoms with E-state index in [1.165, 1.54) is 12.8 Å². The highest BCUT2D eigenvalue weighted by Crippen LogP contribution is 2.38. The molecule has 1 saturated carbocycles. The Kier molecular flexibility index (Phi) is 5.15. The number of amides is 1. The molecule has 0 radical (unpaired) electrons. The van der Waals surface area contributed by atoms with Crippen molar-refractivity contribution >= 4 is 29.2 Å². The number of hydrogen-bond acceptors (Lipinski definition) is 7. The van der Waals surface area contributed by atoms with Crippen LogP contribution in [0.1, 0.15) is 30.3 Å². The third-order valence-corrected chi connectivity index (χ3v) is 6.92. The number of pyridine rings is 1. The van der Waals surface area contributed by atoms with E-state index in [4.69, 9.17) is 9.47 Å². The van der Waals surface area contributed by atoms with Crippen molar-refractivity contribution in [2.75, 3.05) is 57.5 Å². The summed E-state index contributed by atoms with van der Waals surface area (Å²) in [6.45, 7) is 7.73. The lowest BCUT2D eigenvalue weighted by molar-refractivity contribution is 0.0300. The summed E-state index contributed by atoms with van der Waals surface area (Å²) >= 11 is 1.65. The molecule has 1 N–H and O–H groups in total. The van der Waals surface area contributed by atoms with Crippen molar-refractivity contribution in [3.05, 3.63) is 24.2 Å². The number of morpholine rings is 2. The van der Waals surface area contributed by atoms with Gasteiger partial charge in [0.2, 0.25) is 0 Å². The van der Waals surface area contributed by atoms with Gasteiger partial charge < -0.3 is 19.3 Å². The molecule has 0 unspecified atom stereocenters. The van der Waals surface area contributed by atoms with Crippen molar-refractivity contribution in [3.8, 4) is 0 Å². The first kappa shape index (κ1) is 19.2. The minimum absolute atomic E-state index is 0.0204. The summed E-state index contributed by atoms with van der Waals surface area (Å²) in [5.41, 5.74) is 1.60. The second kappa shape index (κ2) is 7.79. The van der Waals surface area contributed by atoms with Crippen molar-refractivity contribution in [3.63, 3.8) is 0 Å². The van der Waals surface area contributed by atoms with Crippen molar-refractivity contribution in [1.29, 1.82) is 0 Å². The predicted molar refractivity (Wildman–Crippen MR) is 112 cm³/mol. The van der Waals surface area contributed by atoms with Crippen molar-refractivity contribution < 1.29 is 14.3 Å². The molecule has 0 aromatic carbocycles. The minimum atomic E-state index is -0.0204. The summed E-state index contributed by atoms with van der Waals surface area (Å²) in [6, 6.07) is 4.26. The van der Waals surface area contributed by atoms with Gasteiger partial charge in [-0.2, -0.15) is 0 Å². The number of carbonyl (C=O) groups is 1. The molecule has 0 bridgehead atoms. The van der Waals surface area contributed by atoms with Crippen LogP contribution in [0.2, 0.25) is 0 Å². The van der Waals surface area contributed by atoms with Crippen LogP contribution in [0.5, 0.6) is 0 Å². The molecule has 9 heteroatoms. The first-order valence-corrected chi connectivity index (χ1v) is 11.1. The number of carbonyl (C=O) groups excluding carboxylic acids is 1. The monoisotopic (exact) mass is 417 g/mol. The zero-order valence-electron chi connectivity index (χ0n) is 16.7. The number of nitrogens with zero attached hydrogens (tertiary/aromatic N) is 4. The van der Waals surface area contributed by atoms with Crippen molar-refractivity contribution in [2.24, 2.45) is 0 Å². The average molecular weight is 418 g/mol. The molecule has 0 spiro atoms. The molecule has 3 fully saturated rings. The molecule has 156 valence electrons. The first-order valence-electron chi connectivity index (χ1n) is 10.3. The molecule has 2 aromatic heterocycles. The summed E-state index contributed by atoms with van der Waals surface area (Å²) in [4.78, 5) is 22.9. The maximum absolute atomic E-state index is 13.1. The molecule has 0 atom stereocenters. The number of fused-ring (bicyclic) bond motifs is 1. The third-order valence-electron chi connectivity index (χ3n) is 5.85. The molecule has 2 aromatic rings. The predicted octanol–water partition coefficient (Wildman–Crippen LogP) is 1.79. The third kappa shape index (κ3) is 3.96. The Bertz CT molecular complexity index is 901. The summed E-state index contributed by atoms with van der Waals surface area (Å²) < 4.78 is 16.5. The lowest BCUT2D eigenvalue weighted by Crippen LogP contribution is -2.41. The van der Waals surface area contributed by atoms with Crippen LogP contribution in [-0.2, 0) is 9.47 Å².